The molecule has 1 aliphatic heterocycles. The van der Waals surface area contributed by atoms with E-state index in [1.54, 1.807) is 0 Å². The van der Waals surface area contributed by atoms with Crippen molar-refractivity contribution in [3.63, 3.8) is 0 Å². The number of benzene rings is 2. The molecule has 200 valence electrons. The zero-order valence-corrected chi connectivity index (χ0v) is 23.3. The molecule has 0 bridgehead atoms. The smallest absolute Gasteiger partial charge is 0.227 e. The first kappa shape index (κ1) is 26.4. The molecule has 0 spiro atoms. The average molecular weight is 521 g/mol. The van der Waals surface area contributed by atoms with Gasteiger partial charge in [0.25, 0.3) is 0 Å². The minimum atomic E-state index is 0.0855. The predicted molar refractivity (Wildman–Crippen MR) is 159 cm³/mol. The summed E-state index contributed by atoms with van der Waals surface area (Å²) in [6, 6.07) is 20.8. The number of fused-ring (bicyclic) bond motifs is 1. The molecule has 1 aliphatic rings. The van der Waals surface area contributed by atoms with Crippen LogP contribution in [0.25, 0.3) is 10.9 Å². The van der Waals surface area contributed by atoms with Crippen LogP contribution in [0.3, 0.4) is 0 Å². The maximum atomic E-state index is 10.3. The summed E-state index contributed by atoms with van der Waals surface area (Å²) < 4.78 is 0. The van der Waals surface area contributed by atoms with E-state index in [4.69, 9.17) is 4.98 Å². The molecule has 5 rings (SSSR count). The van der Waals surface area contributed by atoms with E-state index in [9.17, 15) is 5.26 Å². The molecule has 2 aromatic heterocycles. The lowest BCUT2D eigenvalue weighted by atomic mass is 9.98. The van der Waals surface area contributed by atoms with E-state index in [0.717, 1.165) is 65.3 Å². The molecular weight excluding hydrogens is 484 g/mol. The van der Waals surface area contributed by atoms with Crippen LogP contribution in [-0.2, 0) is 0 Å². The lowest BCUT2D eigenvalue weighted by Gasteiger charge is -2.38. The number of hydrogen-bond acceptors (Lipinski definition) is 8. The quantitative estimate of drug-likeness (QED) is 0.270. The van der Waals surface area contributed by atoms with Crippen molar-refractivity contribution in [2.75, 3.05) is 28.6 Å². The maximum absolute atomic E-state index is 10.3. The van der Waals surface area contributed by atoms with Gasteiger partial charge in [0.15, 0.2) is 5.82 Å². The highest BCUT2D eigenvalue weighted by Crippen LogP contribution is 2.36. The molecule has 1 fully saturated rings. The predicted octanol–water partition coefficient (Wildman–Crippen LogP) is 6.36. The van der Waals surface area contributed by atoms with Gasteiger partial charge in [-0.3, -0.25) is 0 Å². The SMILES string of the molecule is Cc1cc(C)nc(Nc2ccc(Nc3nc4ccccc4c(N4CCC(NC(C)(C)C)CC4)c3C#N)cc2)n1. The van der Waals surface area contributed by atoms with Crippen LogP contribution in [0.2, 0.25) is 0 Å². The summed E-state index contributed by atoms with van der Waals surface area (Å²) in [5.74, 6) is 1.14. The largest absolute Gasteiger partial charge is 0.370 e. The Morgan fingerprint density at radius 3 is 2.10 bits per heavy atom. The molecule has 39 heavy (non-hydrogen) atoms. The molecule has 1 saturated heterocycles. The van der Waals surface area contributed by atoms with Crippen LogP contribution >= 0.6 is 0 Å². The molecule has 0 unspecified atom stereocenters. The lowest BCUT2D eigenvalue weighted by Crippen LogP contribution is -2.49. The summed E-state index contributed by atoms with van der Waals surface area (Å²) in [5.41, 5.74) is 6.05. The fourth-order valence-corrected chi connectivity index (χ4v) is 5.26. The first-order chi connectivity index (χ1) is 18.7. The first-order valence-corrected chi connectivity index (χ1v) is 13.5. The fraction of sp³-hybridized carbons (Fsp3) is 0.355. The Hall–Kier alpha value is -4.22. The van der Waals surface area contributed by atoms with Crippen LogP contribution in [0.1, 0.15) is 50.6 Å². The number of aryl methyl sites for hydroxylation is 2. The minimum Gasteiger partial charge on any atom is -0.370 e. The van der Waals surface area contributed by atoms with Gasteiger partial charge in [-0.15, -0.1) is 0 Å². The molecule has 8 nitrogen and oxygen atoms in total. The third-order valence-corrected chi connectivity index (χ3v) is 6.81. The van der Waals surface area contributed by atoms with Crippen molar-refractivity contribution in [1.82, 2.24) is 20.3 Å². The van der Waals surface area contributed by atoms with Crippen LogP contribution in [0.5, 0.6) is 0 Å². The van der Waals surface area contributed by atoms with E-state index in [-0.39, 0.29) is 5.54 Å². The molecule has 0 amide bonds. The summed E-state index contributed by atoms with van der Waals surface area (Å²) in [7, 11) is 0. The Morgan fingerprint density at radius 1 is 0.872 bits per heavy atom. The van der Waals surface area contributed by atoms with E-state index >= 15 is 0 Å². The number of aromatic nitrogens is 3. The lowest BCUT2D eigenvalue weighted by molar-refractivity contribution is 0.317. The average Bonchev–Trinajstić information content (AvgIpc) is 2.88. The summed E-state index contributed by atoms with van der Waals surface area (Å²) in [6.07, 6.45) is 2.06. The molecule has 8 heteroatoms. The van der Waals surface area contributed by atoms with Crippen LogP contribution in [0, 0.1) is 25.2 Å². The van der Waals surface area contributed by atoms with E-state index in [1.165, 1.54) is 0 Å². The van der Waals surface area contributed by atoms with Crippen molar-refractivity contribution < 1.29 is 0 Å². The number of para-hydroxylation sites is 1. The molecule has 0 saturated carbocycles. The highest BCUT2D eigenvalue weighted by atomic mass is 15.2. The van der Waals surface area contributed by atoms with Gasteiger partial charge in [0.1, 0.15) is 11.6 Å². The van der Waals surface area contributed by atoms with Gasteiger partial charge in [0.05, 0.1) is 11.2 Å². The highest BCUT2D eigenvalue weighted by molar-refractivity contribution is 5.98. The molecule has 3 heterocycles. The summed E-state index contributed by atoms with van der Waals surface area (Å²) >= 11 is 0. The monoisotopic (exact) mass is 520 g/mol. The van der Waals surface area contributed by atoms with E-state index in [1.807, 2.05) is 62.4 Å². The second-order valence-corrected chi connectivity index (χ2v) is 11.3. The van der Waals surface area contributed by atoms with Gasteiger partial charge >= 0.3 is 0 Å². The third-order valence-electron chi connectivity index (χ3n) is 6.81. The Morgan fingerprint density at radius 2 is 1.49 bits per heavy atom. The second-order valence-electron chi connectivity index (χ2n) is 11.3. The highest BCUT2D eigenvalue weighted by Gasteiger charge is 2.27. The van der Waals surface area contributed by atoms with Crippen molar-refractivity contribution >= 4 is 39.7 Å². The third kappa shape index (κ3) is 6.27. The van der Waals surface area contributed by atoms with Crippen LogP contribution in [0.4, 0.5) is 28.8 Å². The van der Waals surface area contributed by atoms with E-state index in [0.29, 0.717) is 23.4 Å². The summed E-state index contributed by atoms with van der Waals surface area (Å²) in [6.45, 7) is 12.3. The number of anilines is 5. The van der Waals surface area contributed by atoms with Crippen molar-refractivity contribution in [3.05, 3.63) is 71.5 Å². The van der Waals surface area contributed by atoms with Crippen LogP contribution in [-0.4, -0.2) is 39.6 Å². The number of nitrogens with zero attached hydrogens (tertiary/aromatic N) is 5. The Balaban J connectivity index is 1.41. The second kappa shape index (κ2) is 10.9. The number of hydrogen-bond donors (Lipinski definition) is 3. The van der Waals surface area contributed by atoms with E-state index in [2.05, 4.69) is 63.7 Å². The molecule has 4 aromatic rings. The summed E-state index contributed by atoms with van der Waals surface area (Å²) in [4.78, 5) is 16.1. The molecule has 0 radical (unpaired) electrons. The molecule has 0 atom stereocenters. The summed E-state index contributed by atoms with van der Waals surface area (Å²) in [5, 5.41) is 21.8. The van der Waals surface area contributed by atoms with Crippen LogP contribution in [0.15, 0.2) is 54.6 Å². The topological polar surface area (TPSA) is 102 Å². The fourth-order valence-electron chi connectivity index (χ4n) is 5.26. The number of nitrogens with one attached hydrogen (secondary N) is 3. The van der Waals surface area contributed by atoms with Crippen molar-refractivity contribution in [2.45, 2.75) is 59.0 Å². The maximum Gasteiger partial charge on any atom is 0.227 e. The molecule has 2 aromatic carbocycles. The van der Waals surface area contributed by atoms with Gasteiger partial charge in [-0.2, -0.15) is 5.26 Å². The van der Waals surface area contributed by atoms with Gasteiger partial charge in [-0.1, -0.05) is 18.2 Å². The van der Waals surface area contributed by atoms with Crippen LogP contribution < -0.4 is 20.9 Å². The Kier molecular flexibility index (Phi) is 7.36. The first-order valence-electron chi connectivity index (χ1n) is 13.5. The number of piperidine rings is 1. The van der Waals surface area contributed by atoms with Crippen molar-refractivity contribution in [1.29, 1.82) is 5.26 Å². The van der Waals surface area contributed by atoms with Gasteiger partial charge < -0.3 is 20.9 Å². The van der Waals surface area contributed by atoms with Gasteiger partial charge in [0.2, 0.25) is 5.95 Å². The van der Waals surface area contributed by atoms with Crippen molar-refractivity contribution in [3.8, 4) is 6.07 Å². The number of nitriles is 1. The van der Waals surface area contributed by atoms with Crippen molar-refractivity contribution in [2.24, 2.45) is 0 Å². The number of pyridine rings is 1. The molecule has 0 aliphatic carbocycles. The zero-order valence-electron chi connectivity index (χ0n) is 23.3. The molecular formula is C31H36N8. The van der Waals surface area contributed by atoms with Gasteiger partial charge in [-0.05, 0) is 83.9 Å². The molecule has 3 N–H and O–H groups in total. The van der Waals surface area contributed by atoms with E-state index < -0.39 is 0 Å². The Bertz CT molecular complexity index is 1490. The normalized spacial score (nSPS) is 14.3. The standard InChI is InChI=1S/C31H36N8/c1-20-18-21(2)34-30(33-20)36-23-12-10-22(11-13-23)35-29-26(19-32)28(25-8-6-7-9-27(25)37-29)39-16-14-24(15-17-39)38-31(3,4)5/h6-13,18,24,38H,14-17H2,1-5H3,(H,35,37)(H,33,34,36). The minimum absolute atomic E-state index is 0.0855. The Labute approximate surface area is 230 Å². The van der Waals surface area contributed by atoms with Gasteiger partial charge in [0, 0.05) is 52.8 Å². The zero-order chi connectivity index (χ0) is 27.6. The van der Waals surface area contributed by atoms with Gasteiger partial charge in [-0.25, -0.2) is 15.0 Å². The number of rotatable bonds is 6.